The number of para-hydroxylation sites is 4. The summed E-state index contributed by atoms with van der Waals surface area (Å²) in [5.41, 5.74) is 4.94. The normalized spacial score (nSPS) is 16.0. The molecule has 0 saturated carbocycles. The van der Waals surface area contributed by atoms with Gasteiger partial charge in [-0.25, -0.2) is 4.98 Å². The fraction of sp³-hybridized carbons (Fsp3) is 0.0444. The maximum Gasteiger partial charge on any atom is 0.220 e. The molecule has 1 aliphatic rings. The molecule has 7 aromatic carbocycles. The lowest BCUT2D eigenvalue weighted by atomic mass is 10.2. The van der Waals surface area contributed by atoms with Crippen LogP contribution in [0.15, 0.2) is 186 Å². The molecule has 9 aromatic rings. The van der Waals surface area contributed by atoms with Crippen molar-refractivity contribution in [1.82, 2.24) is 14.0 Å². The standard InChI is InChI=1S/C45H35N3SSi2/c1-50(2)41-28-14-13-27-40(41)49-44-42(50)29-16-30-43(44)51(33-18-5-3-6-19-33,34-20-7-4-8-21-34)35-22-15-17-32(31-35)47-38-25-11-12-26-39(38)48-37-24-10-9-23-36(37)46-45(47)48/h3-31H,1-2H3/i1D3,2D3. The van der Waals surface area contributed by atoms with Crippen molar-refractivity contribution in [3.05, 3.63) is 176 Å². The van der Waals surface area contributed by atoms with Crippen LogP contribution in [0.5, 0.6) is 0 Å². The highest BCUT2D eigenvalue weighted by Crippen LogP contribution is 2.34. The number of benzene rings is 7. The van der Waals surface area contributed by atoms with Crippen molar-refractivity contribution in [2.24, 2.45) is 0 Å². The Kier molecular flexibility index (Phi) is 5.60. The zero-order valence-electron chi connectivity index (χ0n) is 33.5. The fourth-order valence-corrected chi connectivity index (χ4v) is 17.8. The Labute approximate surface area is 312 Å². The maximum absolute atomic E-state index is 9.12. The van der Waals surface area contributed by atoms with Gasteiger partial charge < -0.3 is 0 Å². The minimum atomic E-state index is -4.49. The average Bonchev–Trinajstić information content (AvgIpc) is 3.75. The summed E-state index contributed by atoms with van der Waals surface area (Å²) in [5, 5.41) is 5.14. The van der Waals surface area contributed by atoms with E-state index < -0.39 is 29.1 Å². The first kappa shape index (κ1) is 24.7. The minimum Gasteiger partial charge on any atom is -0.278 e. The molecule has 0 N–H and O–H groups in total. The van der Waals surface area contributed by atoms with E-state index in [1.807, 2.05) is 48.5 Å². The summed E-state index contributed by atoms with van der Waals surface area (Å²) in [6.07, 6.45) is 0. The van der Waals surface area contributed by atoms with Crippen molar-refractivity contribution in [1.29, 1.82) is 0 Å². The van der Waals surface area contributed by atoms with Crippen molar-refractivity contribution in [3.63, 3.8) is 0 Å². The first-order chi connectivity index (χ1) is 27.6. The summed E-state index contributed by atoms with van der Waals surface area (Å²) in [6, 6.07) is 59.3. The minimum absolute atomic E-state index is 0.448. The summed E-state index contributed by atoms with van der Waals surface area (Å²) >= 11 is 1.51. The summed E-state index contributed by atoms with van der Waals surface area (Å²) in [6.45, 7) is -5.53. The lowest BCUT2D eigenvalue weighted by molar-refractivity contribution is 1.11. The molecular formula is C45H35N3SSi2. The molecule has 0 bridgehead atoms. The van der Waals surface area contributed by atoms with Gasteiger partial charge in [-0.1, -0.05) is 158 Å². The molecule has 244 valence electrons. The molecule has 0 radical (unpaired) electrons. The van der Waals surface area contributed by atoms with Crippen molar-refractivity contribution < 1.29 is 8.22 Å². The summed E-state index contributed by atoms with van der Waals surface area (Å²) < 4.78 is 59.1. The van der Waals surface area contributed by atoms with E-state index in [0.29, 0.717) is 15.3 Å². The van der Waals surface area contributed by atoms with Crippen molar-refractivity contribution in [2.75, 3.05) is 0 Å². The van der Waals surface area contributed by atoms with Crippen LogP contribution in [0.2, 0.25) is 13.0 Å². The number of imidazole rings is 2. The second-order valence-electron chi connectivity index (χ2n) is 13.1. The molecule has 0 aliphatic carbocycles. The van der Waals surface area contributed by atoms with Crippen molar-refractivity contribution in [3.8, 4) is 5.69 Å². The molecule has 10 rings (SSSR count). The van der Waals surface area contributed by atoms with Gasteiger partial charge in [-0.3, -0.25) is 8.97 Å². The molecule has 0 amide bonds. The lowest BCUT2D eigenvalue weighted by Crippen LogP contribution is -2.76. The zero-order chi connectivity index (χ0) is 39.2. The molecule has 1 aliphatic heterocycles. The quantitative estimate of drug-likeness (QED) is 0.141. The number of hydrogen-bond donors (Lipinski definition) is 0. The number of nitrogens with zero attached hydrogens (tertiary/aromatic N) is 3. The van der Waals surface area contributed by atoms with Crippen LogP contribution in [-0.2, 0) is 0 Å². The van der Waals surface area contributed by atoms with E-state index in [2.05, 4.69) is 118 Å². The summed E-state index contributed by atoms with van der Waals surface area (Å²) in [5.74, 6) is 0.802. The third-order valence-electron chi connectivity index (χ3n) is 10.4. The molecule has 2 aromatic heterocycles. The second-order valence-corrected chi connectivity index (χ2v) is 20.5. The predicted molar refractivity (Wildman–Crippen MR) is 220 cm³/mol. The van der Waals surface area contributed by atoms with Gasteiger partial charge in [0.2, 0.25) is 5.78 Å². The van der Waals surface area contributed by atoms with Gasteiger partial charge in [0.05, 0.1) is 22.1 Å². The first-order valence-electron chi connectivity index (χ1n) is 20.1. The molecule has 0 atom stereocenters. The molecular weight excluding hydrogens is 671 g/mol. The number of hydrogen-bond acceptors (Lipinski definition) is 2. The van der Waals surface area contributed by atoms with Gasteiger partial charge in [-0.05, 0) is 73.6 Å². The Morgan fingerprint density at radius 1 is 0.569 bits per heavy atom. The van der Waals surface area contributed by atoms with E-state index in [1.165, 1.54) is 11.8 Å². The second kappa shape index (κ2) is 11.6. The van der Waals surface area contributed by atoms with Crippen LogP contribution in [0.1, 0.15) is 8.22 Å². The highest BCUT2D eigenvalue weighted by molar-refractivity contribution is 8.00. The smallest absolute Gasteiger partial charge is 0.220 e. The number of aromatic nitrogens is 3. The molecule has 0 saturated heterocycles. The van der Waals surface area contributed by atoms with Gasteiger partial charge in [0.25, 0.3) is 0 Å². The molecule has 3 heterocycles. The van der Waals surface area contributed by atoms with Crippen LogP contribution in [-0.4, -0.2) is 30.1 Å². The highest BCUT2D eigenvalue weighted by Gasteiger charge is 2.46. The third-order valence-corrected chi connectivity index (χ3v) is 19.4. The predicted octanol–water partition coefficient (Wildman–Crippen LogP) is 7.10. The van der Waals surface area contributed by atoms with Gasteiger partial charge in [-0.2, -0.15) is 0 Å². The molecule has 6 heteroatoms. The molecule has 0 spiro atoms. The number of fused-ring (bicyclic) bond motifs is 7. The van der Waals surface area contributed by atoms with E-state index in [4.69, 9.17) is 13.2 Å². The SMILES string of the molecule is [2H]C([2H])([2H])[Si]1(C([2H])([2H])[2H])c2ccccc2Sc2c([Si](c3ccccc3)(c3ccccc3)c3cccc(-n4c5ccccc5n5c6ccccc6nc45)c3)cccc21. The van der Waals surface area contributed by atoms with Gasteiger partial charge in [-0.15, -0.1) is 0 Å². The molecule has 51 heavy (non-hydrogen) atoms. The summed E-state index contributed by atoms with van der Waals surface area (Å²) in [4.78, 5) is 6.61. The van der Waals surface area contributed by atoms with E-state index in [1.54, 1.807) is 18.2 Å². The molecule has 3 nitrogen and oxygen atoms in total. The van der Waals surface area contributed by atoms with Gasteiger partial charge in [0, 0.05) is 23.7 Å². The van der Waals surface area contributed by atoms with E-state index in [0.717, 1.165) is 59.2 Å². The monoisotopic (exact) mass is 711 g/mol. The van der Waals surface area contributed by atoms with Gasteiger partial charge in [0.15, 0.2) is 8.07 Å². The van der Waals surface area contributed by atoms with E-state index >= 15 is 0 Å². The largest absolute Gasteiger partial charge is 0.278 e. The van der Waals surface area contributed by atoms with Crippen molar-refractivity contribution >= 4 is 86.9 Å². The average molecular weight is 712 g/mol. The van der Waals surface area contributed by atoms with Crippen LogP contribution >= 0.6 is 11.8 Å². The number of rotatable bonds is 5. The van der Waals surface area contributed by atoms with Crippen LogP contribution in [0.3, 0.4) is 0 Å². The Bertz CT molecular complexity index is 2940. The van der Waals surface area contributed by atoms with Crippen molar-refractivity contribution in [2.45, 2.75) is 22.7 Å². The van der Waals surface area contributed by atoms with Crippen LogP contribution < -0.4 is 31.1 Å². The zero-order valence-corrected chi connectivity index (χ0v) is 30.3. The van der Waals surface area contributed by atoms with Gasteiger partial charge in [0.1, 0.15) is 8.07 Å². The fourth-order valence-electron chi connectivity index (χ4n) is 8.18. The topological polar surface area (TPSA) is 22.2 Å². The summed E-state index contributed by atoms with van der Waals surface area (Å²) in [7, 11) is -7.88. The Morgan fingerprint density at radius 2 is 1.18 bits per heavy atom. The van der Waals surface area contributed by atoms with Crippen LogP contribution in [0.25, 0.3) is 33.5 Å². The highest BCUT2D eigenvalue weighted by atomic mass is 32.2. The molecule has 0 fully saturated rings. The van der Waals surface area contributed by atoms with Gasteiger partial charge >= 0.3 is 0 Å². The Hall–Kier alpha value is -5.41. The lowest BCUT2D eigenvalue weighted by Gasteiger charge is -2.40. The Balaban J connectivity index is 1.34. The maximum atomic E-state index is 9.12. The van der Waals surface area contributed by atoms with E-state index in [9.17, 15) is 0 Å². The molecule has 0 unspecified atom stereocenters. The first-order valence-corrected chi connectivity index (χ1v) is 21.9. The Morgan fingerprint density at radius 3 is 1.94 bits per heavy atom. The van der Waals surface area contributed by atoms with Crippen LogP contribution in [0, 0.1) is 0 Å². The van der Waals surface area contributed by atoms with Crippen LogP contribution in [0.4, 0.5) is 0 Å². The third kappa shape index (κ3) is 4.40. The van der Waals surface area contributed by atoms with E-state index in [-0.39, 0.29) is 0 Å².